The van der Waals surface area contributed by atoms with Crippen LogP contribution in [0.5, 0.6) is 0 Å². The molecule has 0 aliphatic carbocycles. The second-order valence-electron chi connectivity index (χ2n) is 4.42. The number of pyridine rings is 2. The van der Waals surface area contributed by atoms with Crippen molar-refractivity contribution in [3.05, 3.63) is 48.8 Å². The Morgan fingerprint density at radius 2 is 1.50 bits per heavy atom. The second kappa shape index (κ2) is 7.66. The fourth-order valence-corrected chi connectivity index (χ4v) is 2.35. The molecule has 0 aliphatic heterocycles. The summed E-state index contributed by atoms with van der Waals surface area (Å²) in [6.45, 7) is 2.09. The third kappa shape index (κ3) is 3.58. The monoisotopic (exact) mass is 284 g/mol. The van der Waals surface area contributed by atoms with E-state index in [2.05, 4.69) is 41.2 Å². The predicted molar refractivity (Wildman–Crippen MR) is 84.4 cm³/mol. The van der Waals surface area contributed by atoms with Gasteiger partial charge in [-0.1, -0.05) is 37.6 Å². The van der Waals surface area contributed by atoms with Crippen LogP contribution >= 0.6 is 8.46 Å². The minimum absolute atomic E-state index is 0.295. The molecular weight excluding hydrogens is 267 g/mol. The molecule has 0 aliphatic rings. The molecule has 0 fully saturated rings. The number of unbranched alkanes of at least 4 members (excludes halogenated alkanes) is 1. The maximum absolute atomic E-state index is 9.66. The van der Waals surface area contributed by atoms with Gasteiger partial charge in [-0.3, -0.25) is 14.5 Å². The molecule has 0 atom stereocenters. The van der Waals surface area contributed by atoms with Crippen molar-refractivity contribution >= 4 is 30.3 Å². The van der Waals surface area contributed by atoms with Crippen LogP contribution in [0.3, 0.4) is 0 Å². The fourth-order valence-electron chi connectivity index (χ4n) is 1.90. The number of benzene rings is 1. The lowest BCUT2D eigenvalue weighted by atomic mass is 10.1. The van der Waals surface area contributed by atoms with Crippen LogP contribution in [-0.2, 0) is 4.57 Å². The molecule has 0 unspecified atom stereocenters. The van der Waals surface area contributed by atoms with E-state index in [-0.39, 0.29) is 0 Å². The summed E-state index contributed by atoms with van der Waals surface area (Å²) < 4.78 is 9.66. The molecule has 20 heavy (non-hydrogen) atoms. The molecule has 3 nitrogen and oxygen atoms in total. The van der Waals surface area contributed by atoms with E-state index in [1.54, 1.807) is 12.4 Å². The van der Waals surface area contributed by atoms with Gasteiger partial charge in [-0.05, 0) is 18.6 Å². The summed E-state index contributed by atoms with van der Waals surface area (Å²) in [5, 5.41) is 2.28. The Bertz CT molecular complexity index is 645. The lowest BCUT2D eigenvalue weighted by Gasteiger charge is -2.00. The van der Waals surface area contributed by atoms with Crippen LogP contribution in [0.1, 0.15) is 19.8 Å². The minimum Gasteiger partial charge on any atom is -0.275 e. The average molecular weight is 284 g/mol. The van der Waals surface area contributed by atoms with Crippen LogP contribution in [0.15, 0.2) is 48.8 Å². The predicted octanol–water partition coefficient (Wildman–Crippen LogP) is 4.86. The molecule has 0 amide bonds. The van der Waals surface area contributed by atoms with Gasteiger partial charge in [0.1, 0.15) is 0 Å². The fraction of sp³-hybridized carbons (Fsp3) is 0.250. The lowest BCUT2D eigenvalue weighted by molar-refractivity contribution is 0.597. The van der Waals surface area contributed by atoms with Crippen LogP contribution in [0.4, 0.5) is 0 Å². The topological polar surface area (TPSA) is 42.9 Å². The lowest BCUT2D eigenvalue weighted by Crippen LogP contribution is -1.83. The molecule has 0 N–H and O–H groups in total. The number of hydrogen-bond donors (Lipinski definition) is 0. The van der Waals surface area contributed by atoms with Crippen molar-refractivity contribution in [3.63, 3.8) is 0 Å². The van der Waals surface area contributed by atoms with Gasteiger partial charge in [0, 0.05) is 29.3 Å². The molecule has 0 saturated carbocycles. The Kier molecular flexibility index (Phi) is 5.57. The van der Waals surface area contributed by atoms with Gasteiger partial charge in [-0.25, -0.2) is 0 Å². The van der Waals surface area contributed by atoms with Gasteiger partial charge in [0.15, 0.2) is 8.46 Å². The molecule has 0 bridgehead atoms. The van der Waals surface area contributed by atoms with E-state index in [4.69, 9.17) is 0 Å². The van der Waals surface area contributed by atoms with Crippen LogP contribution in [0.2, 0.25) is 0 Å². The Labute approximate surface area is 120 Å². The zero-order valence-electron chi connectivity index (χ0n) is 11.5. The van der Waals surface area contributed by atoms with E-state index in [1.807, 2.05) is 12.1 Å². The van der Waals surface area contributed by atoms with Crippen molar-refractivity contribution in [1.82, 2.24) is 9.97 Å². The summed E-state index contributed by atoms with van der Waals surface area (Å²) in [5.41, 5.74) is 1.95. The highest BCUT2D eigenvalue weighted by atomic mass is 31.1. The first-order chi connectivity index (χ1) is 9.86. The molecule has 0 saturated heterocycles. The standard InChI is InChI=1S/C12H8N2.C4H9OP/c1-3-9-5-6-10-4-2-8-14-12(10)11(9)13-7-1;1-2-3-4-6-5/h1-8H;2-4H2,1H3. The molecule has 0 spiro atoms. The van der Waals surface area contributed by atoms with Gasteiger partial charge in [0.05, 0.1) is 11.0 Å². The quantitative estimate of drug-likeness (QED) is 0.392. The third-order valence-electron chi connectivity index (χ3n) is 2.95. The van der Waals surface area contributed by atoms with E-state index in [0.29, 0.717) is 8.46 Å². The molecule has 0 radical (unpaired) electrons. The molecule has 102 valence electrons. The molecule has 3 rings (SSSR count). The van der Waals surface area contributed by atoms with Crippen molar-refractivity contribution in [2.24, 2.45) is 0 Å². The first-order valence-electron chi connectivity index (χ1n) is 6.74. The summed E-state index contributed by atoms with van der Waals surface area (Å²) in [6.07, 6.45) is 6.67. The molecule has 2 heterocycles. The zero-order chi connectivity index (χ0) is 14.2. The van der Waals surface area contributed by atoms with Crippen LogP contribution in [0.25, 0.3) is 21.8 Å². The minimum atomic E-state index is 0.295. The molecule has 2 aromatic heterocycles. The normalized spacial score (nSPS) is 10.4. The summed E-state index contributed by atoms with van der Waals surface area (Å²) in [4.78, 5) is 8.69. The van der Waals surface area contributed by atoms with Crippen LogP contribution in [-0.4, -0.2) is 16.1 Å². The molecule has 1 aromatic carbocycles. The van der Waals surface area contributed by atoms with Crippen molar-refractivity contribution in [1.29, 1.82) is 0 Å². The zero-order valence-corrected chi connectivity index (χ0v) is 12.4. The van der Waals surface area contributed by atoms with Gasteiger partial charge in [0.25, 0.3) is 0 Å². The Morgan fingerprint density at radius 1 is 0.950 bits per heavy atom. The first-order valence-corrected chi connectivity index (χ1v) is 7.74. The van der Waals surface area contributed by atoms with E-state index >= 15 is 0 Å². The second-order valence-corrected chi connectivity index (χ2v) is 5.13. The van der Waals surface area contributed by atoms with Crippen molar-refractivity contribution in [3.8, 4) is 0 Å². The van der Waals surface area contributed by atoms with Crippen LogP contribution in [0, 0.1) is 0 Å². The first kappa shape index (κ1) is 14.5. The van der Waals surface area contributed by atoms with Crippen molar-refractivity contribution in [2.45, 2.75) is 19.8 Å². The highest BCUT2D eigenvalue weighted by Crippen LogP contribution is 2.20. The largest absolute Gasteiger partial charge is 0.275 e. The van der Waals surface area contributed by atoms with Crippen molar-refractivity contribution < 1.29 is 4.57 Å². The Balaban J connectivity index is 0.000000212. The van der Waals surface area contributed by atoms with Crippen LogP contribution < -0.4 is 0 Å². The third-order valence-corrected chi connectivity index (χ3v) is 3.45. The Morgan fingerprint density at radius 3 is 1.90 bits per heavy atom. The van der Waals surface area contributed by atoms with Gasteiger partial charge in [0.2, 0.25) is 0 Å². The highest BCUT2D eigenvalue weighted by Gasteiger charge is 2.00. The van der Waals surface area contributed by atoms with E-state index < -0.39 is 0 Å². The number of hydrogen-bond acceptors (Lipinski definition) is 3. The SMILES string of the molecule is CCCCP=O.c1cnc2c(c1)ccc1cccnc12. The molecule has 4 heteroatoms. The highest BCUT2D eigenvalue weighted by molar-refractivity contribution is 7.23. The maximum atomic E-state index is 9.66. The van der Waals surface area contributed by atoms with Crippen molar-refractivity contribution in [2.75, 3.05) is 6.16 Å². The number of nitrogens with zero attached hydrogens (tertiary/aromatic N) is 2. The van der Waals surface area contributed by atoms with E-state index in [0.717, 1.165) is 40.8 Å². The molecule has 3 aromatic rings. The van der Waals surface area contributed by atoms with Gasteiger partial charge in [-0.15, -0.1) is 0 Å². The number of rotatable bonds is 3. The van der Waals surface area contributed by atoms with E-state index in [1.165, 1.54) is 0 Å². The average Bonchev–Trinajstić information content (AvgIpc) is 2.53. The van der Waals surface area contributed by atoms with Gasteiger partial charge >= 0.3 is 0 Å². The molecular formula is C16H17N2OP. The van der Waals surface area contributed by atoms with Gasteiger partial charge in [-0.2, -0.15) is 0 Å². The maximum Gasteiger partial charge on any atom is 0.155 e. The summed E-state index contributed by atoms with van der Waals surface area (Å²) in [5.74, 6) is 0. The summed E-state index contributed by atoms with van der Waals surface area (Å²) >= 11 is 0. The summed E-state index contributed by atoms with van der Waals surface area (Å²) in [6, 6.07) is 12.1. The van der Waals surface area contributed by atoms with E-state index in [9.17, 15) is 4.57 Å². The number of aromatic nitrogens is 2. The Hall–Kier alpha value is -1.86. The number of fused-ring (bicyclic) bond motifs is 3. The smallest absolute Gasteiger partial charge is 0.155 e. The van der Waals surface area contributed by atoms with Gasteiger partial charge < -0.3 is 0 Å². The summed E-state index contributed by atoms with van der Waals surface area (Å²) in [7, 11) is 0.295.